The number of nitrogens with zero attached hydrogens (tertiary/aromatic N) is 3. The van der Waals surface area contributed by atoms with E-state index < -0.39 is 0 Å². The van der Waals surface area contributed by atoms with Crippen molar-refractivity contribution in [3.8, 4) is 0 Å². The summed E-state index contributed by atoms with van der Waals surface area (Å²) in [6.45, 7) is 1.91. The second kappa shape index (κ2) is 4.53. The van der Waals surface area contributed by atoms with Crippen LogP contribution in [0.1, 0.15) is 0 Å². The molecule has 86 valence electrons. The first-order valence-electron chi connectivity index (χ1n) is 5.48. The molecule has 0 aliphatic carbocycles. The third-order valence-corrected chi connectivity index (χ3v) is 2.63. The maximum Gasteiger partial charge on any atom is 0.203 e. The van der Waals surface area contributed by atoms with Gasteiger partial charge >= 0.3 is 0 Å². The molecular formula is C12H18N4. The van der Waals surface area contributed by atoms with Crippen molar-refractivity contribution in [2.45, 2.75) is 0 Å². The smallest absolute Gasteiger partial charge is 0.203 e. The quantitative estimate of drug-likeness (QED) is 0.845. The minimum atomic E-state index is 0.907. The number of hydrogen-bond acceptors (Lipinski definition) is 3. The van der Waals surface area contributed by atoms with Crippen LogP contribution in [0.3, 0.4) is 0 Å². The number of aromatic nitrogens is 2. The zero-order valence-corrected chi connectivity index (χ0v) is 10.1. The minimum Gasteiger partial charge on any atom is -0.354 e. The van der Waals surface area contributed by atoms with E-state index in [4.69, 9.17) is 0 Å². The number of aryl methyl sites for hydroxylation is 1. The fourth-order valence-electron chi connectivity index (χ4n) is 1.69. The molecule has 1 heterocycles. The Morgan fingerprint density at radius 1 is 1.31 bits per heavy atom. The lowest BCUT2D eigenvalue weighted by atomic mass is 10.3. The number of rotatable bonds is 4. The Bertz CT molecular complexity index is 473. The van der Waals surface area contributed by atoms with E-state index in [1.54, 1.807) is 0 Å². The first-order chi connectivity index (χ1) is 7.68. The Hall–Kier alpha value is -1.55. The van der Waals surface area contributed by atoms with Crippen LogP contribution in [0.15, 0.2) is 24.3 Å². The number of imidazole rings is 1. The van der Waals surface area contributed by atoms with Crippen LogP contribution in [-0.2, 0) is 7.05 Å². The molecule has 0 amide bonds. The van der Waals surface area contributed by atoms with Crippen molar-refractivity contribution in [2.75, 3.05) is 32.5 Å². The number of fused-ring (bicyclic) bond motifs is 1. The van der Waals surface area contributed by atoms with E-state index in [-0.39, 0.29) is 0 Å². The van der Waals surface area contributed by atoms with Gasteiger partial charge in [-0.2, -0.15) is 0 Å². The van der Waals surface area contributed by atoms with E-state index in [2.05, 4.69) is 39.9 Å². The van der Waals surface area contributed by atoms with Gasteiger partial charge in [0.05, 0.1) is 11.0 Å². The molecule has 0 radical (unpaired) electrons. The predicted molar refractivity (Wildman–Crippen MR) is 67.8 cm³/mol. The van der Waals surface area contributed by atoms with Crippen LogP contribution in [0.25, 0.3) is 11.0 Å². The molecule has 4 nitrogen and oxygen atoms in total. The summed E-state index contributed by atoms with van der Waals surface area (Å²) < 4.78 is 2.09. The van der Waals surface area contributed by atoms with Crippen molar-refractivity contribution >= 4 is 17.0 Å². The number of benzene rings is 1. The van der Waals surface area contributed by atoms with Crippen molar-refractivity contribution in [1.29, 1.82) is 0 Å². The largest absolute Gasteiger partial charge is 0.354 e. The molecule has 16 heavy (non-hydrogen) atoms. The third kappa shape index (κ3) is 2.17. The van der Waals surface area contributed by atoms with Crippen LogP contribution >= 0.6 is 0 Å². The number of para-hydroxylation sites is 2. The fourth-order valence-corrected chi connectivity index (χ4v) is 1.69. The number of hydrogen-bond donors (Lipinski definition) is 1. The highest BCUT2D eigenvalue weighted by Crippen LogP contribution is 2.16. The van der Waals surface area contributed by atoms with Gasteiger partial charge in [0, 0.05) is 20.1 Å². The van der Waals surface area contributed by atoms with E-state index >= 15 is 0 Å². The average molecular weight is 218 g/mol. The molecule has 2 rings (SSSR count). The van der Waals surface area contributed by atoms with Gasteiger partial charge in [0.1, 0.15) is 0 Å². The molecular weight excluding hydrogens is 200 g/mol. The average Bonchev–Trinajstić information content (AvgIpc) is 2.56. The van der Waals surface area contributed by atoms with Crippen molar-refractivity contribution in [3.63, 3.8) is 0 Å². The Kier molecular flexibility index (Phi) is 3.10. The molecule has 0 bridgehead atoms. The topological polar surface area (TPSA) is 33.1 Å². The first-order valence-corrected chi connectivity index (χ1v) is 5.48. The number of nitrogens with one attached hydrogen (secondary N) is 1. The standard InChI is InChI=1S/C12H18N4/c1-15(2)9-8-13-12-14-10-6-4-5-7-11(10)16(12)3/h4-7H,8-9H2,1-3H3,(H,13,14). The van der Waals surface area contributed by atoms with Crippen LogP contribution in [0, 0.1) is 0 Å². The van der Waals surface area contributed by atoms with Gasteiger partial charge in [0.15, 0.2) is 0 Å². The van der Waals surface area contributed by atoms with Gasteiger partial charge in [-0.25, -0.2) is 4.98 Å². The molecule has 0 spiro atoms. The first kappa shape index (κ1) is 11.0. The van der Waals surface area contributed by atoms with Crippen molar-refractivity contribution < 1.29 is 0 Å². The minimum absolute atomic E-state index is 0.907. The van der Waals surface area contributed by atoms with E-state index in [9.17, 15) is 0 Å². The third-order valence-electron chi connectivity index (χ3n) is 2.63. The summed E-state index contributed by atoms with van der Waals surface area (Å²) in [5.74, 6) is 0.933. The van der Waals surface area contributed by atoms with Gasteiger partial charge in [-0.3, -0.25) is 0 Å². The molecule has 1 N–H and O–H groups in total. The summed E-state index contributed by atoms with van der Waals surface area (Å²) in [7, 11) is 6.17. The summed E-state index contributed by atoms with van der Waals surface area (Å²) in [6.07, 6.45) is 0. The van der Waals surface area contributed by atoms with E-state index in [0.29, 0.717) is 0 Å². The second-order valence-electron chi connectivity index (χ2n) is 4.21. The normalized spacial score (nSPS) is 11.2. The summed E-state index contributed by atoms with van der Waals surface area (Å²) in [4.78, 5) is 6.69. The summed E-state index contributed by atoms with van der Waals surface area (Å²) in [5.41, 5.74) is 2.20. The maximum absolute atomic E-state index is 4.54. The van der Waals surface area contributed by atoms with Crippen LogP contribution < -0.4 is 5.32 Å². The molecule has 1 aromatic heterocycles. The van der Waals surface area contributed by atoms with Gasteiger partial charge in [-0.05, 0) is 26.2 Å². The summed E-state index contributed by atoms with van der Waals surface area (Å²) >= 11 is 0. The maximum atomic E-state index is 4.54. The predicted octanol–water partition coefficient (Wildman–Crippen LogP) is 1.55. The lowest BCUT2D eigenvalue weighted by molar-refractivity contribution is 0.424. The zero-order valence-electron chi connectivity index (χ0n) is 10.1. The number of likely N-dealkylation sites (N-methyl/N-ethyl adjacent to an activating group) is 1. The van der Waals surface area contributed by atoms with E-state index in [0.717, 1.165) is 30.1 Å². The zero-order chi connectivity index (χ0) is 11.5. The monoisotopic (exact) mass is 218 g/mol. The molecule has 0 unspecified atom stereocenters. The molecule has 0 saturated heterocycles. The molecule has 2 aromatic rings. The molecule has 0 saturated carbocycles. The summed E-state index contributed by atoms with van der Waals surface area (Å²) in [6, 6.07) is 8.17. The van der Waals surface area contributed by atoms with Crippen LogP contribution in [-0.4, -0.2) is 41.6 Å². The SMILES string of the molecule is CN(C)CCNc1nc2ccccc2n1C. The Morgan fingerprint density at radius 3 is 2.75 bits per heavy atom. The lowest BCUT2D eigenvalue weighted by Crippen LogP contribution is -2.21. The molecule has 0 fully saturated rings. The van der Waals surface area contributed by atoms with Crippen molar-refractivity contribution in [1.82, 2.24) is 14.5 Å². The Balaban J connectivity index is 2.15. The van der Waals surface area contributed by atoms with Gasteiger partial charge < -0.3 is 14.8 Å². The van der Waals surface area contributed by atoms with E-state index in [1.807, 2.05) is 25.2 Å². The van der Waals surface area contributed by atoms with Gasteiger partial charge in [0.25, 0.3) is 0 Å². The number of anilines is 1. The molecule has 0 aliphatic heterocycles. The molecule has 0 atom stereocenters. The molecule has 4 heteroatoms. The fraction of sp³-hybridized carbons (Fsp3) is 0.417. The van der Waals surface area contributed by atoms with Gasteiger partial charge in [-0.1, -0.05) is 12.1 Å². The highest BCUT2D eigenvalue weighted by Gasteiger charge is 2.05. The van der Waals surface area contributed by atoms with Crippen LogP contribution in [0.2, 0.25) is 0 Å². The second-order valence-corrected chi connectivity index (χ2v) is 4.21. The van der Waals surface area contributed by atoms with Crippen molar-refractivity contribution in [2.24, 2.45) is 7.05 Å². The highest BCUT2D eigenvalue weighted by molar-refractivity contribution is 5.78. The van der Waals surface area contributed by atoms with E-state index in [1.165, 1.54) is 0 Å². The van der Waals surface area contributed by atoms with Gasteiger partial charge in [0.2, 0.25) is 5.95 Å². The van der Waals surface area contributed by atoms with Gasteiger partial charge in [-0.15, -0.1) is 0 Å². The Labute approximate surface area is 95.9 Å². The summed E-state index contributed by atoms with van der Waals surface area (Å²) in [5, 5.41) is 3.34. The van der Waals surface area contributed by atoms with Crippen LogP contribution in [0.5, 0.6) is 0 Å². The highest BCUT2D eigenvalue weighted by atomic mass is 15.2. The van der Waals surface area contributed by atoms with Crippen molar-refractivity contribution in [3.05, 3.63) is 24.3 Å². The van der Waals surface area contributed by atoms with Crippen LogP contribution in [0.4, 0.5) is 5.95 Å². The Morgan fingerprint density at radius 2 is 2.06 bits per heavy atom. The molecule has 1 aromatic carbocycles. The lowest BCUT2D eigenvalue weighted by Gasteiger charge is -2.10. The molecule has 0 aliphatic rings.